The Hall–Kier alpha value is -0.890. The number of hydrogen-bond acceptors (Lipinski definition) is 5. The molecule has 7 heteroatoms. The molecule has 0 aliphatic carbocycles. The number of nitrogens with zero attached hydrogens (tertiary/aromatic N) is 1. The van der Waals surface area contributed by atoms with Gasteiger partial charge in [-0.1, -0.05) is 0 Å². The van der Waals surface area contributed by atoms with Crippen LogP contribution in [0.5, 0.6) is 11.5 Å². The quantitative estimate of drug-likeness (QED) is 0.650. The van der Waals surface area contributed by atoms with Crippen LogP contribution in [0.2, 0.25) is 0 Å². The summed E-state index contributed by atoms with van der Waals surface area (Å²) in [7, 11) is 1.61. The average Bonchev–Trinajstić information content (AvgIpc) is 2.63. The first-order chi connectivity index (χ1) is 13.2. The maximum Gasteiger partial charge on any atom is 0.175 e. The number of rotatable bonds is 6. The Morgan fingerprint density at radius 2 is 2.11 bits per heavy atom. The van der Waals surface area contributed by atoms with Gasteiger partial charge in [0.15, 0.2) is 11.5 Å². The molecule has 0 spiro atoms. The van der Waals surface area contributed by atoms with Gasteiger partial charge in [0.05, 0.1) is 42.7 Å². The van der Waals surface area contributed by atoms with Crippen molar-refractivity contribution in [2.24, 2.45) is 0 Å². The first kappa shape index (κ1) is 21.8. The second-order valence-electron chi connectivity index (χ2n) is 8.51. The summed E-state index contributed by atoms with van der Waals surface area (Å²) in [6.45, 7) is 7.56. The number of methoxy groups -OCH3 is 1. The summed E-state index contributed by atoms with van der Waals surface area (Å²) in [5.41, 5.74) is 2.05. The first-order valence-corrected chi connectivity index (χ1v) is 10.7. The number of alkyl halides is 1. The molecule has 0 bridgehead atoms. The van der Waals surface area contributed by atoms with Crippen molar-refractivity contribution >= 4 is 15.9 Å². The highest BCUT2D eigenvalue weighted by Crippen LogP contribution is 2.47. The Kier molecular flexibility index (Phi) is 6.90. The highest BCUT2D eigenvalue weighted by atomic mass is 79.9. The lowest BCUT2D eigenvalue weighted by Crippen LogP contribution is -2.53. The van der Waals surface area contributed by atoms with Gasteiger partial charge >= 0.3 is 0 Å². The fourth-order valence-electron chi connectivity index (χ4n) is 4.14. The van der Waals surface area contributed by atoms with Crippen LogP contribution in [0, 0.1) is 0 Å². The number of aliphatic hydroxyl groups is 1. The summed E-state index contributed by atoms with van der Waals surface area (Å²) < 4.78 is 30.8. The fourth-order valence-corrected chi connectivity index (χ4v) is 4.87. The Labute approximate surface area is 175 Å². The smallest absolute Gasteiger partial charge is 0.175 e. The zero-order valence-electron chi connectivity index (χ0n) is 17.1. The molecule has 3 atom stereocenters. The van der Waals surface area contributed by atoms with Crippen molar-refractivity contribution in [3.8, 4) is 11.5 Å². The van der Waals surface area contributed by atoms with Gasteiger partial charge in [-0.3, -0.25) is 9.29 Å². The zero-order chi connectivity index (χ0) is 20.5. The van der Waals surface area contributed by atoms with Crippen LogP contribution in [0.15, 0.2) is 10.5 Å². The van der Waals surface area contributed by atoms with Gasteiger partial charge in [-0.05, 0) is 66.7 Å². The van der Waals surface area contributed by atoms with Crippen molar-refractivity contribution in [2.45, 2.75) is 63.9 Å². The van der Waals surface area contributed by atoms with Gasteiger partial charge in [-0.2, -0.15) is 0 Å². The minimum absolute atomic E-state index is 0.115. The van der Waals surface area contributed by atoms with Crippen molar-refractivity contribution in [3.05, 3.63) is 21.7 Å². The van der Waals surface area contributed by atoms with Crippen molar-refractivity contribution < 1.29 is 23.7 Å². The van der Waals surface area contributed by atoms with Crippen molar-refractivity contribution in [1.82, 2.24) is 4.90 Å². The molecule has 0 saturated carbocycles. The highest BCUT2D eigenvalue weighted by Gasteiger charge is 2.41. The van der Waals surface area contributed by atoms with E-state index in [9.17, 15) is 9.50 Å². The molecule has 2 heterocycles. The lowest BCUT2D eigenvalue weighted by atomic mass is 9.84. The van der Waals surface area contributed by atoms with Crippen LogP contribution in [-0.2, 0) is 11.2 Å². The lowest BCUT2D eigenvalue weighted by Gasteiger charge is -2.47. The third kappa shape index (κ3) is 4.64. The Morgan fingerprint density at radius 3 is 2.75 bits per heavy atom. The normalized spacial score (nSPS) is 25.2. The summed E-state index contributed by atoms with van der Waals surface area (Å²) in [6.07, 6.45) is 1.13. The van der Waals surface area contributed by atoms with Gasteiger partial charge in [0.1, 0.15) is 0 Å². The molecule has 2 aliphatic rings. The van der Waals surface area contributed by atoms with Crippen LogP contribution >= 0.6 is 15.9 Å². The Bertz CT molecular complexity index is 694. The standard InChI is InChI=1S/C21H31BrFNO4/c1-21(2,3)28-18-12-24-8-6-13-14(15(24)11-16(18)25)10-17(26-4)20(19(13)22)27-9-5-7-23/h10,15-16,18,25H,5-9,11-12H2,1-4H3/t15-,16-,18-/m1/s1. The third-order valence-electron chi connectivity index (χ3n) is 5.33. The number of hydrogen-bond donors (Lipinski definition) is 1. The van der Waals surface area contributed by atoms with E-state index in [0.717, 1.165) is 23.0 Å². The monoisotopic (exact) mass is 459 g/mol. The summed E-state index contributed by atoms with van der Waals surface area (Å²) >= 11 is 3.69. The first-order valence-electron chi connectivity index (χ1n) is 9.93. The second-order valence-corrected chi connectivity index (χ2v) is 9.31. The molecule has 158 valence electrons. The van der Waals surface area contributed by atoms with Gasteiger partial charge < -0.3 is 19.3 Å². The number of piperidine rings is 1. The fraction of sp³-hybridized carbons (Fsp3) is 0.714. The molecule has 1 N–H and O–H groups in total. The molecule has 2 aliphatic heterocycles. The van der Waals surface area contributed by atoms with E-state index in [0.29, 0.717) is 37.5 Å². The van der Waals surface area contributed by atoms with Crippen LogP contribution in [0.4, 0.5) is 4.39 Å². The summed E-state index contributed by atoms with van der Waals surface area (Å²) in [5.74, 6) is 1.27. The predicted octanol–water partition coefficient (Wildman–Crippen LogP) is 4.04. The predicted molar refractivity (Wildman–Crippen MR) is 110 cm³/mol. The largest absolute Gasteiger partial charge is 0.493 e. The molecule has 1 aromatic rings. The summed E-state index contributed by atoms with van der Waals surface area (Å²) in [4.78, 5) is 2.39. The van der Waals surface area contributed by atoms with E-state index >= 15 is 0 Å². The summed E-state index contributed by atoms with van der Waals surface area (Å²) in [5, 5.41) is 10.7. The number of aliphatic hydroxyl groups excluding tert-OH is 1. The van der Waals surface area contributed by atoms with E-state index in [2.05, 4.69) is 20.8 Å². The second kappa shape index (κ2) is 8.86. The van der Waals surface area contributed by atoms with Gasteiger partial charge in [-0.15, -0.1) is 0 Å². The zero-order valence-corrected chi connectivity index (χ0v) is 18.7. The molecule has 1 aromatic carbocycles. The van der Waals surface area contributed by atoms with E-state index in [1.54, 1.807) is 7.11 Å². The van der Waals surface area contributed by atoms with Gasteiger partial charge in [0.2, 0.25) is 0 Å². The molecule has 0 amide bonds. The van der Waals surface area contributed by atoms with Crippen LogP contribution in [0.25, 0.3) is 0 Å². The van der Waals surface area contributed by atoms with Crippen molar-refractivity contribution in [2.75, 3.05) is 33.5 Å². The van der Waals surface area contributed by atoms with E-state index in [1.807, 2.05) is 26.8 Å². The van der Waals surface area contributed by atoms with E-state index in [-0.39, 0.29) is 17.7 Å². The topological polar surface area (TPSA) is 51.2 Å². The Balaban J connectivity index is 1.86. The SMILES string of the molecule is COc1cc2c(c(Br)c1OCCCF)CCN1C[C@@H](OC(C)(C)C)[C@H](O)C[C@H]21. The maximum atomic E-state index is 12.4. The van der Waals surface area contributed by atoms with Crippen molar-refractivity contribution in [3.63, 3.8) is 0 Å². The molecule has 1 fully saturated rings. The third-order valence-corrected chi connectivity index (χ3v) is 6.17. The molecule has 3 rings (SSSR count). The molecule has 28 heavy (non-hydrogen) atoms. The van der Waals surface area contributed by atoms with Crippen LogP contribution in [-0.4, -0.2) is 61.3 Å². The molecule has 0 aromatic heterocycles. The number of fused-ring (bicyclic) bond motifs is 3. The molecule has 5 nitrogen and oxygen atoms in total. The van der Waals surface area contributed by atoms with Gasteiger partial charge in [-0.25, -0.2) is 0 Å². The van der Waals surface area contributed by atoms with Gasteiger partial charge in [0.25, 0.3) is 0 Å². The van der Waals surface area contributed by atoms with Crippen LogP contribution < -0.4 is 9.47 Å². The van der Waals surface area contributed by atoms with E-state index in [1.165, 1.54) is 5.56 Å². The Morgan fingerprint density at radius 1 is 1.36 bits per heavy atom. The van der Waals surface area contributed by atoms with Crippen molar-refractivity contribution in [1.29, 1.82) is 0 Å². The van der Waals surface area contributed by atoms with Gasteiger partial charge in [0, 0.05) is 25.6 Å². The minimum atomic E-state index is -0.517. The average molecular weight is 460 g/mol. The highest BCUT2D eigenvalue weighted by molar-refractivity contribution is 9.10. The van der Waals surface area contributed by atoms with E-state index < -0.39 is 12.8 Å². The molecular formula is C21H31BrFNO4. The maximum absolute atomic E-state index is 12.4. The molecule has 0 unspecified atom stereocenters. The lowest BCUT2D eigenvalue weighted by molar-refractivity contribution is -0.149. The van der Waals surface area contributed by atoms with Crippen LogP contribution in [0.3, 0.4) is 0 Å². The van der Waals surface area contributed by atoms with Crippen LogP contribution in [0.1, 0.15) is 50.8 Å². The molecule has 1 saturated heterocycles. The number of benzene rings is 1. The molecular weight excluding hydrogens is 429 g/mol. The molecule has 0 radical (unpaired) electrons. The summed E-state index contributed by atoms with van der Waals surface area (Å²) in [6, 6.07) is 2.13. The minimum Gasteiger partial charge on any atom is -0.493 e. The number of ether oxygens (including phenoxy) is 3. The number of halogens is 2. The van der Waals surface area contributed by atoms with E-state index in [4.69, 9.17) is 14.2 Å².